The average Bonchev–Trinajstić information content (AvgIpc) is 3.09. The van der Waals surface area contributed by atoms with E-state index in [1.54, 1.807) is 13.8 Å². The molecular weight excluding hydrogens is 322 g/mol. The SMILES string of the molecule is Cc1noc(C)c1S(=O)(=O)N1CC2(CC(=O)N(CC3CC3)O2)C1. The van der Waals surface area contributed by atoms with E-state index < -0.39 is 15.6 Å². The summed E-state index contributed by atoms with van der Waals surface area (Å²) >= 11 is 0. The van der Waals surface area contributed by atoms with E-state index in [-0.39, 0.29) is 36.1 Å². The second kappa shape index (κ2) is 4.78. The van der Waals surface area contributed by atoms with Gasteiger partial charge in [0, 0.05) is 13.1 Å². The van der Waals surface area contributed by atoms with Gasteiger partial charge in [-0.15, -0.1) is 0 Å². The van der Waals surface area contributed by atoms with Crippen LogP contribution in [0.1, 0.15) is 30.7 Å². The van der Waals surface area contributed by atoms with Crippen LogP contribution in [0.25, 0.3) is 0 Å². The molecule has 0 aromatic carbocycles. The van der Waals surface area contributed by atoms with E-state index >= 15 is 0 Å². The molecule has 23 heavy (non-hydrogen) atoms. The smallest absolute Gasteiger partial charge is 0.249 e. The van der Waals surface area contributed by atoms with Crippen LogP contribution in [-0.4, -0.2) is 54.1 Å². The molecule has 4 rings (SSSR count). The van der Waals surface area contributed by atoms with Crippen LogP contribution in [0, 0.1) is 19.8 Å². The van der Waals surface area contributed by atoms with Crippen molar-refractivity contribution in [3.05, 3.63) is 11.5 Å². The minimum Gasteiger partial charge on any atom is -0.360 e. The topological polar surface area (TPSA) is 93.0 Å². The Balaban J connectivity index is 1.48. The lowest BCUT2D eigenvalue weighted by Gasteiger charge is -2.44. The second-order valence-corrected chi connectivity index (χ2v) is 8.65. The molecule has 1 aromatic heterocycles. The number of carbonyl (C=O) groups excluding carboxylic acids is 1. The predicted molar refractivity (Wildman–Crippen MR) is 77.6 cm³/mol. The van der Waals surface area contributed by atoms with Gasteiger partial charge >= 0.3 is 0 Å². The molecule has 0 radical (unpaired) electrons. The molecule has 1 amide bonds. The molecule has 1 saturated carbocycles. The molecule has 0 N–H and O–H groups in total. The first kappa shape index (κ1) is 15.1. The highest BCUT2D eigenvalue weighted by Crippen LogP contribution is 2.41. The second-order valence-electron chi connectivity index (χ2n) is 6.78. The summed E-state index contributed by atoms with van der Waals surface area (Å²) in [6, 6.07) is 0. The first-order valence-corrected chi connectivity index (χ1v) is 9.17. The lowest BCUT2D eigenvalue weighted by Crippen LogP contribution is -2.63. The third kappa shape index (κ3) is 2.38. The van der Waals surface area contributed by atoms with Gasteiger partial charge in [0.25, 0.3) is 0 Å². The fraction of sp³-hybridized carbons (Fsp3) is 0.714. The van der Waals surface area contributed by atoms with Gasteiger partial charge in [0.05, 0.1) is 13.0 Å². The first-order chi connectivity index (χ1) is 10.8. The number of amides is 1. The van der Waals surface area contributed by atoms with E-state index in [4.69, 9.17) is 9.36 Å². The van der Waals surface area contributed by atoms with Crippen LogP contribution in [-0.2, 0) is 19.7 Å². The lowest BCUT2D eigenvalue weighted by molar-refractivity contribution is -0.225. The quantitative estimate of drug-likeness (QED) is 0.796. The van der Waals surface area contributed by atoms with Crippen molar-refractivity contribution in [2.75, 3.05) is 19.6 Å². The normalized spacial score (nSPS) is 24.4. The number of hydrogen-bond donors (Lipinski definition) is 0. The Morgan fingerprint density at radius 1 is 1.30 bits per heavy atom. The number of aromatic nitrogens is 1. The Morgan fingerprint density at radius 3 is 2.57 bits per heavy atom. The minimum absolute atomic E-state index is 0.0497. The van der Waals surface area contributed by atoms with Crippen molar-refractivity contribution in [1.29, 1.82) is 0 Å². The van der Waals surface area contributed by atoms with E-state index in [1.165, 1.54) is 9.37 Å². The molecule has 3 heterocycles. The maximum Gasteiger partial charge on any atom is 0.249 e. The molecule has 0 bridgehead atoms. The van der Waals surface area contributed by atoms with Gasteiger partial charge in [-0.3, -0.25) is 9.63 Å². The molecule has 2 aliphatic heterocycles. The molecule has 2 saturated heterocycles. The molecule has 1 aliphatic carbocycles. The molecule has 1 spiro atoms. The summed E-state index contributed by atoms with van der Waals surface area (Å²) in [6.07, 6.45) is 2.51. The van der Waals surface area contributed by atoms with Crippen molar-refractivity contribution in [2.45, 2.75) is 43.6 Å². The van der Waals surface area contributed by atoms with Crippen LogP contribution in [0.5, 0.6) is 0 Å². The Bertz CT molecular complexity index is 742. The van der Waals surface area contributed by atoms with Crippen molar-refractivity contribution in [3.8, 4) is 0 Å². The van der Waals surface area contributed by atoms with Crippen molar-refractivity contribution < 1.29 is 22.6 Å². The highest BCUT2D eigenvalue weighted by Gasteiger charge is 2.57. The maximum absolute atomic E-state index is 12.7. The summed E-state index contributed by atoms with van der Waals surface area (Å²) in [4.78, 5) is 18.0. The van der Waals surface area contributed by atoms with Gasteiger partial charge in [0.15, 0.2) is 5.76 Å². The fourth-order valence-electron chi connectivity index (χ4n) is 3.26. The van der Waals surface area contributed by atoms with E-state index in [2.05, 4.69) is 5.16 Å². The van der Waals surface area contributed by atoms with Crippen LogP contribution in [0.4, 0.5) is 0 Å². The Hall–Kier alpha value is -1.45. The molecule has 1 aromatic rings. The molecule has 3 aliphatic rings. The summed E-state index contributed by atoms with van der Waals surface area (Å²) in [6.45, 7) is 4.18. The zero-order valence-corrected chi connectivity index (χ0v) is 13.9. The van der Waals surface area contributed by atoms with E-state index in [1.807, 2.05) is 0 Å². The number of nitrogens with zero attached hydrogens (tertiary/aromatic N) is 3. The third-order valence-corrected chi connectivity index (χ3v) is 6.71. The highest BCUT2D eigenvalue weighted by molar-refractivity contribution is 7.89. The monoisotopic (exact) mass is 341 g/mol. The van der Waals surface area contributed by atoms with Crippen LogP contribution in [0.2, 0.25) is 0 Å². The van der Waals surface area contributed by atoms with Gasteiger partial charge in [-0.05, 0) is 32.6 Å². The molecule has 0 atom stereocenters. The van der Waals surface area contributed by atoms with E-state index in [9.17, 15) is 13.2 Å². The van der Waals surface area contributed by atoms with Gasteiger partial charge in [0.2, 0.25) is 15.9 Å². The summed E-state index contributed by atoms with van der Waals surface area (Å²) in [5.41, 5.74) is -0.347. The molecule has 9 heteroatoms. The van der Waals surface area contributed by atoms with Crippen molar-refractivity contribution >= 4 is 15.9 Å². The molecular formula is C14H19N3O5S. The maximum atomic E-state index is 12.7. The summed E-state index contributed by atoms with van der Waals surface area (Å²) in [5.74, 6) is 0.768. The van der Waals surface area contributed by atoms with Gasteiger partial charge < -0.3 is 4.52 Å². The van der Waals surface area contributed by atoms with Crippen LogP contribution < -0.4 is 0 Å². The van der Waals surface area contributed by atoms with Crippen molar-refractivity contribution in [3.63, 3.8) is 0 Å². The highest BCUT2D eigenvalue weighted by atomic mass is 32.2. The third-order valence-electron chi connectivity index (χ3n) is 4.67. The zero-order valence-electron chi connectivity index (χ0n) is 13.1. The van der Waals surface area contributed by atoms with Gasteiger partial charge in [0.1, 0.15) is 16.2 Å². The number of aryl methyl sites for hydroxylation is 2. The van der Waals surface area contributed by atoms with E-state index in [0.717, 1.165) is 12.8 Å². The van der Waals surface area contributed by atoms with Crippen LogP contribution in [0.15, 0.2) is 9.42 Å². The van der Waals surface area contributed by atoms with Crippen molar-refractivity contribution in [1.82, 2.24) is 14.5 Å². The molecule has 3 fully saturated rings. The average molecular weight is 341 g/mol. The van der Waals surface area contributed by atoms with Crippen molar-refractivity contribution in [2.24, 2.45) is 5.92 Å². The lowest BCUT2D eigenvalue weighted by atomic mass is 9.94. The summed E-state index contributed by atoms with van der Waals surface area (Å²) in [5, 5.41) is 5.13. The number of hydroxylamine groups is 2. The predicted octanol–water partition coefficient (Wildman–Crippen LogP) is 0.608. The van der Waals surface area contributed by atoms with Crippen LogP contribution >= 0.6 is 0 Å². The fourth-order valence-corrected chi connectivity index (χ4v) is 5.14. The number of rotatable bonds is 4. The Kier molecular flexibility index (Phi) is 3.14. The molecule has 8 nitrogen and oxygen atoms in total. The van der Waals surface area contributed by atoms with E-state index in [0.29, 0.717) is 18.2 Å². The first-order valence-electron chi connectivity index (χ1n) is 7.73. The minimum atomic E-state index is -3.66. The Labute approximate surface area is 134 Å². The largest absolute Gasteiger partial charge is 0.360 e. The van der Waals surface area contributed by atoms with Crippen LogP contribution in [0.3, 0.4) is 0 Å². The van der Waals surface area contributed by atoms with Gasteiger partial charge in [-0.2, -0.15) is 4.31 Å². The summed E-state index contributed by atoms with van der Waals surface area (Å²) < 4.78 is 31.6. The molecule has 126 valence electrons. The summed E-state index contributed by atoms with van der Waals surface area (Å²) in [7, 11) is -3.66. The number of carbonyl (C=O) groups is 1. The molecule has 0 unspecified atom stereocenters. The zero-order chi connectivity index (χ0) is 16.4. The Morgan fingerprint density at radius 2 is 2.00 bits per heavy atom. The standard InChI is InChI=1S/C14H19N3O5S/c1-9-13(10(2)21-15-9)23(19,20)16-7-14(8-16)5-12(18)17(22-14)6-11-3-4-11/h11H,3-8H2,1-2H3. The number of sulfonamides is 1. The van der Waals surface area contributed by atoms with Gasteiger partial charge in [-0.25, -0.2) is 13.5 Å². The van der Waals surface area contributed by atoms with Gasteiger partial charge in [-0.1, -0.05) is 5.16 Å². The number of hydrogen-bond acceptors (Lipinski definition) is 6.